The Morgan fingerprint density at radius 3 is 2.28 bits per heavy atom. The van der Waals surface area contributed by atoms with Crippen LogP contribution in [0.3, 0.4) is 0 Å². The Morgan fingerprint density at radius 2 is 1.80 bits per heavy atom. The number of unbranched alkanes of at least 4 members (excludes halogenated alkanes) is 4. The number of halogens is 1. The zero-order valence-electron chi connectivity index (χ0n) is 16.3. The van der Waals surface area contributed by atoms with Crippen LogP contribution in [0, 0.1) is 0 Å². The van der Waals surface area contributed by atoms with Crippen molar-refractivity contribution in [3.63, 3.8) is 0 Å². The van der Waals surface area contributed by atoms with Crippen LogP contribution >= 0.6 is 11.6 Å². The highest BCUT2D eigenvalue weighted by Crippen LogP contribution is 2.11. The fourth-order valence-electron chi connectivity index (χ4n) is 2.91. The lowest BCUT2D eigenvalue weighted by molar-refractivity contribution is -0.124. The van der Waals surface area contributed by atoms with E-state index in [4.69, 9.17) is 11.6 Å². The van der Waals surface area contributed by atoms with Gasteiger partial charge in [-0.3, -0.25) is 9.48 Å². The van der Waals surface area contributed by atoms with Crippen molar-refractivity contribution in [3.8, 4) is 0 Å². The predicted molar refractivity (Wildman–Crippen MR) is 105 cm³/mol. The minimum Gasteiger partial charge on any atom is -0.351 e. The van der Waals surface area contributed by atoms with Crippen LogP contribution in [0.1, 0.15) is 72.3 Å². The maximum absolute atomic E-state index is 12.4. The molecule has 1 N–H and O–H groups in total. The fourth-order valence-corrected chi connectivity index (χ4v) is 3.05. The van der Waals surface area contributed by atoms with E-state index in [1.807, 2.05) is 6.92 Å². The minimum atomic E-state index is -0.358. The van der Waals surface area contributed by atoms with E-state index in [-0.39, 0.29) is 18.0 Å². The molecule has 1 heterocycles. The van der Waals surface area contributed by atoms with Crippen molar-refractivity contribution in [2.24, 2.45) is 0 Å². The van der Waals surface area contributed by atoms with Crippen molar-refractivity contribution in [1.29, 1.82) is 0 Å². The van der Waals surface area contributed by atoms with Gasteiger partial charge in [0.25, 0.3) is 0 Å². The van der Waals surface area contributed by atoms with Crippen LogP contribution in [0.15, 0.2) is 12.4 Å². The third-order valence-corrected chi connectivity index (χ3v) is 4.62. The monoisotopic (exact) mass is 370 g/mol. The van der Waals surface area contributed by atoms with Crippen LogP contribution in [0.5, 0.6) is 0 Å². The van der Waals surface area contributed by atoms with Gasteiger partial charge in [-0.2, -0.15) is 5.10 Å². The number of hydrogen-bond donors (Lipinski definition) is 1. The number of carbonyl (C=O) groups excluding carboxylic acids is 1. The van der Waals surface area contributed by atoms with Gasteiger partial charge in [-0.05, 0) is 39.8 Å². The Bertz CT molecular complexity index is 482. The number of nitrogens with one attached hydrogen (secondary N) is 1. The fraction of sp³-hybridized carbons (Fsp3) is 0.789. The molecule has 25 heavy (non-hydrogen) atoms. The molecule has 0 spiro atoms. The zero-order valence-corrected chi connectivity index (χ0v) is 17.1. The summed E-state index contributed by atoms with van der Waals surface area (Å²) in [6, 6.07) is -0.243. The lowest BCUT2D eigenvalue weighted by Crippen LogP contribution is -2.44. The standard InChI is InChI=1S/C19H35ClN4O/c1-5-7-9-11-23(12-10-8-6-2)14-16(3)22-19(25)17(4)24-15-18(20)13-21-24/h13,15-17H,5-12,14H2,1-4H3,(H,22,25). The highest BCUT2D eigenvalue weighted by Gasteiger charge is 2.19. The number of carbonyl (C=O) groups is 1. The summed E-state index contributed by atoms with van der Waals surface area (Å²) in [7, 11) is 0. The summed E-state index contributed by atoms with van der Waals surface area (Å²) in [6.45, 7) is 11.5. The Kier molecular flexibility index (Phi) is 10.8. The highest BCUT2D eigenvalue weighted by atomic mass is 35.5. The predicted octanol–water partition coefficient (Wildman–Crippen LogP) is 4.28. The summed E-state index contributed by atoms with van der Waals surface area (Å²) in [5, 5.41) is 7.78. The molecule has 0 saturated carbocycles. The maximum Gasteiger partial charge on any atom is 0.244 e. The van der Waals surface area contributed by atoms with E-state index in [0.29, 0.717) is 5.02 Å². The van der Waals surface area contributed by atoms with Gasteiger partial charge in [-0.1, -0.05) is 51.1 Å². The second-order valence-electron chi connectivity index (χ2n) is 6.94. The molecule has 1 rings (SSSR count). The molecular weight excluding hydrogens is 336 g/mol. The van der Waals surface area contributed by atoms with Crippen LogP contribution in [-0.2, 0) is 4.79 Å². The quantitative estimate of drug-likeness (QED) is 0.527. The van der Waals surface area contributed by atoms with Crippen molar-refractivity contribution in [1.82, 2.24) is 20.0 Å². The molecule has 2 unspecified atom stereocenters. The molecule has 1 aromatic heterocycles. The first-order valence-electron chi connectivity index (χ1n) is 9.70. The molecule has 0 aliphatic carbocycles. The van der Waals surface area contributed by atoms with Crippen LogP contribution in [0.25, 0.3) is 0 Å². The lowest BCUT2D eigenvalue weighted by atomic mass is 10.2. The Hall–Kier alpha value is -1.07. The van der Waals surface area contributed by atoms with E-state index >= 15 is 0 Å². The number of nitrogens with zero attached hydrogens (tertiary/aromatic N) is 3. The van der Waals surface area contributed by atoms with Crippen LogP contribution in [-0.4, -0.2) is 46.3 Å². The Labute approximate surface area is 158 Å². The van der Waals surface area contributed by atoms with Gasteiger partial charge in [-0.15, -0.1) is 0 Å². The molecule has 1 amide bonds. The van der Waals surface area contributed by atoms with Crippen LogP contribution in [0.2, 0.25) is 5.02 Å². The Morgan fingerprint density at radius 1 is 1.20 bits per heavy atom. The van der Waals surface area contributed by atoms with Gasteiger partial charge in [0, 0.05) is 18.8 Å². The van der Waals surface area contributed by atoms with Gasteiger partial charge >= 0.3 is 0 Å². The molecule has 0 aromatic carbocycles. The van der Waals surface area contributed by atoms with Crippen molar-refractivity contribution < 1.29 is 4.79 Å². The van der Waals surface area contributed by atoms with Crippen molar-refractivity contribution in [3.05, 3.63) is 17.4 Å². The van der Waals surface area contributed by atoms with Gasteiger partial charge in [0.05, 0.1) is 11.2 Å². The molecule has 6 heteroatoms. The molecule has 0 aliphatic rings. The zero-order chi connectivity index (χ0) is 18.7. The summed E-state index contributed by atoms with van der Waals surface area (Å²) in [5.74, 6) is -0.0191. The third-order valence-electron chi connectivity index (χ3n) is 4.42. The highest BCUT2D eigenvalue weighted by molar-refractivity contribution is 6.30. The molecule has 5 nitrogen and oxygen atoms in total. The molecule has 0 aliphatic heterocycles. The van der Waals surface area contributed by atoms with E-state index in [0.717, 1.165) is 19.6 Å². The van der Waals surface area contributed by atoms with E-state index in [1.165, 1.54) is 38.5 Å². The summed E-state index contributed by atoms with van der Waals surface area (Å²) in [4.78, 5) is 14.9. The first-order valence-corrected chi connectivity index (χ1v) is 10.1. The van der Waals surface area contributed by atoms with Crippen molar-refractivity contribution in [2.75, 3.05) is 19.6 Å². The third kappa shape index (κ3) is 8.73. The van der Waals surface area contributed by atoms with Crippen molar-refractivity contribution in [2.45, 2.75) is 78.3 Å². The van der Waals surface area contributed by atoms with Gasteiger partial charge in [0.15, 0.2) is 0 Å². The normalized spacial score (nSPS) is 13.8. The minimum absolute atomic E-state index is 0.0191. The summed E-state index contributed by atoms with van der Waals surface area (Å²) in [6.07, 6.45) is 10.7. The second-order valence-corrected chi connectivity index (χ2v) is 7.38. The van der Waals surface area contributed by atoms with Gasteiger partial charge < -0.3 is 10.2 Å². The van der Waals surface area contributed by atoms with Crippen molar-refractivity contribution >= 4 is 17.5 Å². The van der Waals surface area contributed by atoms with E-state index in [9.17, 15) is 4.79 Å². The lowest BCUT2D eigenvalue weighted by Gasteiger charge is -2.27. The van der Waals surface area contributed by atoms with Crippen LogP contribution in [0.4, 0.5) is 0 Å². The average Bonchev–Trinajstić information content (AvgIpc) is 3.00. The molecule has 144 valence electrons. The molecule has 0 radical (unpaired) electrons. The van der Waals surface area contributed by atoms with Gasteiger partial charge in [0.1, 0.15) is 6.04 Å². The molecule has 0 saturated heterocycles. The second kappa shape index (κ2) is 12.3. The van der Waals surface area contributed by atoms with Gasteiger partial charge in [0.2, 0.25) is 5.91 Å². The summed E-state index contributed by atoms with van der Waals surface area (Å²) >= 11 is 5.88. The number of hydrogen-bond acceptors (Lipinski definition) is 3. The molecule has 1 aromatic rings. The first-order chi connectivity index (χ1) is 12.0. The SMILES string of the molecule is CCCCCN(CCCCC)CC(C)NC(=O)C(C)n1cc(Cl)cn1. The molecular formula is C19H35ClN4O. The Balaban J connectivity index is 2.47. The average molecular weight is 371 g/mol. The molecule has 0 bridgehead atoms. The summed E-state index contributed by atoms with van der Waals surface area (Å²) in [5.41, 5.74) is 0. The smallest absolute Gasteiger partial charge is 0.244 e. The molecule has 0 fully saturated rings. The molecule has 2 atom stereocenters. The summed E-state index contributed by atoms with van der Waals surface area (Å²) < 4.78 is 1.60. The van der Waals surface area contributed by atoms with E-state index in [2.05, 4.69) is 36.1 Å². The number of amides is 1. The topological polar surface area (TPSA) is 50.2 Å². The largest absolute Gasteiger partial charge is 0.351 e. The maximum atomic E-state index is 12.4. The number of rotatable bonds is 13. The van der Waals surface area contributed by atoms with E-state index in [1.54, 1.807) is 17.1 Å². The number of aromatic nitrogens is 2. The first kappa shape index (κ1) is 22.0. The van der Waals surface area contributed by atoms with Crippen LogP contribution < -0.4 is 5.32 Å². The van der Waals surface area contributed by atoms with E-state index < -0.39 is 0 Å². The van der Waals surface area contributed by atoms with Gasteiger partial charge in [-0.25, -0.2) is 0 Å².